The number of fused-ring (bicyclic) bond motifs is 1. The zero-order chi connectivity index (χ0) is 16.5. The van der Waals surface area contributed by atoms with Gasteiger partial charge in [-0.1, -0.05) is 0 Å². The topological polar surface area (TPSA) is 83.0 Å². The van der Waals surface area contributed by atoms with Crippen LogP contribution in [0.1, 0.15) is 39.5 Å². The normalized spacial score (nSPS) is 17.2. The quantitative estimate of drug-likeness (QED) is 0.880. The molecule has 2 amide bonds. The Morgan fingerprint density at radius 1 is 1.21 bits per heavy atom. The molecule has 2 N–H and O–H groups in total. The predicted octanol–water partition coefficient (Wildman–Crippen LogP) is 1.05. The Morgan fingerprint density at radius 3 is 2.83 bits per heavy atom. The molecule has 7 heteroatoms. The maximum absolute atomic E-state index is 12.5. The van der Waals surface area contributed by atoms with Crippen LogP contribution in [0.15, 0.2) is 24.4 Å². The maximum Gasteiger partial charge on any atom is 0.271 e. The zero-order valence-electron chi connectivity index (χ0n) is 13.5. The number of aromatic amines is 1. The number of rotatable bonds is 4. The van der Waals surface area contributed by atoms with Crippen molar-refractivity contribution in [2.24, 2.45) is 5.92 Å². The Morgan fingerprint density at radius 2 is 2.08 bits per heavy atom. The summed E-state index contributed by atoms with van der Waals surface area (Å²) in [7, 11) is 0. The van der Waals surface area contributed by atoms with Crippen molar-refractivity contribution >= 4 is 11.8 Å². The van der Waals surface area contributed by atoms with Crippen LogP contribution in [-0.2, 0) is 13.0 Å². The highest BCUT2D eigenvalue weighted by molar-refractivity contribution is 5.93. The van der Waals surface area contributed by atoms with Gasteiger partial charge in [0.15, 0.2) is 0 Å². The summed E-state index contributed by atoms with van der Waals surface area (Å²) in [6.45, 7) is 2.63. The molecular weight excluding hydrogens is 306 g/mol. The van der Waals surface area contributed by atoms with Gasteiger partial charge in [0.05, 0.1) is 0 Å². The SMILES string of the molecule is O=C(NCC1CC1)c1ccc2n1CCN(C(=O)c1ccn[nH]1)CC2. The Bertz CT molecular complexity index is 745. The number of hydrogen-bond acceptors (Lipinski definition) is 3. The summed E-state index contributed by atoms with van der Waals surface area (Å²) in [5.74, 6) is 0.606. The van der Waals surface area contributed by atoms with Crippen molar-refractivity contribution in [3.63, 3.8) is 0 Å². The van der Waals surface area contributed by atoms with Gasteiger partial charge in [0.2, 0.25) is 0 Å². The van der Waals surface area contributed by atoms with Crippen LogP contribution in [-0.4, -0.2) is 51.1 Å². The Balaban J connectivity index is 1.45. The van der Waals surface area contributed by atoms with Gasteiger partial charge in [-0.15, -0.1) is 0 Å². The van der Waals surface area contributed by atoms with Crippen LogP contribution in [0, 0.1) is 5.92 Å². The van der Waals surface area contributed by atoms with E-state index in [4.69, 9.17) is 0 Å². The molecule has 0 atom stereocenters. The fourth-order valence-electron chi connectivity index (χ4n) is 3.17. The van der Waals surface area contributed by atoms with Crippen LogP contribution in [0.25, 0.3) is 0 Å². The van der Waals surface area contributed by atoms with Crippen molar-refractivity contribution in [1.29, 1.82) is 0 Å². The number of amides is 2. The van der Waals surface area contributed by atoms with Gasteiger partial charge in [-0.3, -0.25) is 14.7 Å². The van der Waals surface area contributed by atoms with E-state index >= 15 is 0 Å². The number of H-pyrrole nitrogens is 1. The first-order valence-electron chi connectivity index (χ1n) is 8.47. The molecule has 2 aromatic rings. The maximum atomic E-state index is 12.5. The van der Waals surface area contributed by atoms with E-state index in [0.29, 0.717) is 36.9 Å². The van der Waals surface area contributed by atoms with Crippen molar-refractivity contribution in [1.82, 2.24) is 25.0 Å². The molecule has 4 rings (SSSR count). The van der Waals surface area contributed by atoms with Gasteiger partial charge in [-0.25, -0.2) is 0 Å². The summed E-state index contributed by atoms with van der Waals surface area (Å²) >= 11 is 0. The van der Waals surface area contributed by atoms with Gasteiger partial charge in [0, 0.05) is 44.5 Å². The van der Waals surface area contributed by atoms with Crippen LogP contribution < -0.4 is 5.32 Å². The van der Waals surface area contributed by atoms with Crippen molar-refractivity contribution < 1.29 is 9.59 Å². The van der Waals surface area contributed by atoms with Gasteiger partial charge in [0.1, 0.15) is 11.4 Å². The molecule has 0 bridgehead atoms. The first-order valence-corrected chi connectivity index (χ1v) is 8.47. The lowest BCUT2D eigenvalue weighted by molar-refractivity contribution is 0.0753. The van der Waals surface area contributed by atoms with Crippen LogP contribution in [0.2, 0.25) is 0 Å². The van der Waals surface area contributed by atoms with Gasteiger partial charge >= 0.3 is 0 Å². The van der Waals surface area contributed by atoms with Gasteiger partial charge in [0.25, 0.3) is 11.8 Å². The molecule has 7 nitrogen and oxygen atoms in total. The fraction of sp³-hybridized carbons (Fsp3) is 0.471. The molecule has 1 aliphatic heterocycles. The van der Waals surface area contributed by atoms with E-state index in [2.05, 4.69) is 15.5 Å². The number of hydrogen-bond donors (Lipinski definition) is 2. The second kappa shape index (κ2) is 6.14. The highest BCUT2D eigenvalue weighted by atomic mass is 16.2. The van der Waals surface area contributed by atoms with Gasteiger partial charge in [-0.05, 0) is 37.0 Å². The highest BCUT2D eigenvalue weighted by Crippen LogP contribution is 2.27. The number of nitrogens with zero attached hydrogens (tertiary/aromatic N) is 3. The van der Waals surface area contributed by atoms with Crippen LogP contribution in [0.3, 0.4) is 0 Å². The Labute approximate surface area is 140 Å². The minimum atomic E-state index is -0.0435. The smallest absolute Gasteiger partial charge is 0.271 e. The molecule has 0 unspecified atom stereocenters. The molecule has 0 saturated heterocycles. The summed E-state index contributed by atoms with van der Waals surface area (Å²) in [4.78, 5) is 26.7. The molecule has 0 radical (unpaired) electrons. The van der Waals surface area contributed by atoms with Crippen LogP contribution in [0.5, 0.6) is 0 Å². The molecule has 2 aliphatic rings. The number of carbonyl (C=O) groups excluding carboxylic acids is 2. The summed E-state index contributed by atoms with van der Waals surface area (Å²) in [6, 6.07) is 5.57. The number of nitrogens with one attached hydrogen (secondary N) is 2. The minimum absolute atomic E-state index is 0.0125. The monoisotopic (exact) mass is 327 g/mol. The van der Waals surface area contributed by atoms with E-state index < -0.39 is 0 Å². The number of carbonyl (C=O) groups is 2. The third-order valence-electron chi connectivity index (χ3n) is 4.80. The molecule has 0 spiro atoms. The average molecular weight is 327 g/mol. The summed E-state index contributed by atoms with van der Waals surface area (Å²) in [5.41, 5.74) is 2.30. The van der Waals surface area contributed by atoms with Crippen LogP contribution in [0.4, 0.5) is 0 Å². The summed E-state index contributed by atoms with van der Waals surface area (Å²) < 4.78 is 2.04. The lowest BCUT2D eigenvalue weighted by Crippen LogP contribution is -2.34. The summed E-state index contributed by atoms with van der Waals surface area (Å²) in [5, 5.41) is 9.58. The van der Waals surface area contributed by atoms with Gasteiger partial charge in [-0.2, -0.15) is 5.10 Å². The molecule has 2 aromatic heterocycles. The molecule has 0 aromatic carbocycles. The average Bonchev–Trinajstić information content (AvgIpc) is 3.16. The standard InChI is InChI=1S/C17H21N5O2/c23-16(18-11-12-1-2-12)15-4-3-13-6-8-21(9-10-22(13)15)17(24)14-5-7-19-20-14/h3-5,7,12H,1-2,6,8-11H2,(H,18,23)(H,19,20). The lowest BCUT2D eigenvalue weighted by atomic mass is 10.3. The second-order valence-corrected chi connectivity index (χ2v) is 6.53. The highest BCUT2D eigenvalue weighted by Gasteiger charge is 2.25. The molecule has 1 saturated carbocycles. The first-order chi connectivity index (χ1) is 11.7. The molecule has 1 aliphatic carbocycles. The molecule has 3 heterocycles. The molecule has 24 heavy (non-hydrogen) atoms. The van der Waals surface area contributed by atoms with Crippen molar-refractivity contribution in [3.8, 4) is 0 Å². The lowest BCUT2D eigenvalue weighted by Gasteiger charge is -2.19. The largest absolute Gasteiger partial charge is 0.350 e. The van der Waals surface area contributed by atoms with E-state index in [1.54, 1.807) is 12.3 Å². The molecule has 1 fully saturated rings. The van der Waals surface area contributed by atoms with E-state index in [1.807, 2.05) is 21.6 Å². The summed E-state index contributed by atoms with van der Waals surface area (Å²) in [6.07, 6.45) is 4.76. The minimum Gasteiger partial charge on any atom is -0.350 e. The third kappa shape index (κ3) is 2.93. The fourth-order valence-corrected chi connectivity index (χ4v) is 3.17. The van der Waals surface area contributed by atoms with Crippen molar-refractivity contribution in [2.45, 2.75) is 25.8 Å². The number of aromatic nitrogens is 3. The van der Waals surface area contributed by atoms with Crippen molar-refractivity contribution in [3.05, 3.63) is 41.5 Å². The second-order valence-electron chi connectivity index (χ2n) is 6.53. The third-order valence-corrected chi connectivity index (χ3v) is 4.80. The van der Waals surface area contributed by atoms with E-state index in [9.17, 15) is 9.59 Å². The Kier molecular flexibility index (Phi) is 3.84. The van der Waals surface area contributed by atoms with Gasteiger partial charge < -0.3 is 14.8 Å². The zero-order valence-corrected chi connectivity index (χ0v) is 13.5. The Hall–Kier alpha value is -2.57. The molecule has 126 valence electrons. The first kappa shape index (κ1) is 15.0. The van der Waals surface area contributed by atoms with E-state index in [1.165, 1.54) is 12.8 Å². The van der Waals surface area contributed by atoms with Crippen LogP contribution >= 0.6 is 0 Å². The van der Waals surface area contributed by atoms with E-state index in [-0.39, 0.29) is 11.8 Å². The predicted molar refractivity (Wildman–Crippen MR) is 87.7 cm³/mol. The molecular formula is C17H21N5O2. The van der Waals surface area contributed by atoms with E-state index in [0.717, 1.165) is 18.7 Å². The van der Waals surface area contributed by atoms with Crippen molar-refractivity contribution in [2.75, 3.05) is 19.6 Å².